The SMILES string of the molecule is C/C(=N\Nc1ncc(Br)cn1)c1ccc(Cl)c(Cl)c1. The Morgan fingerprint density at radius 3 is 2.53 bits per heavy atom. The van der Waals surface area contributed by atoms with Crippen molar-refractivity contribution in [3.63, 3.8) is 0 Å². The Hall–Kier alpha value is -1.17. The molecule has 0 aliphatic carbocycles. The molecule has 0 radical (unpaired) electrons. The van der Waals surface area contributed by atoms with Crippen molar-refractivity contribution >= 4 is 50.8 Å². The van der Waals surface area contributed by atoms with E-state index in [2.05, 4.69) is 36.4 Å². The summed E-state index contributed by atoms with van der Waals surface area (Å²) in [5.41, 5.74) is 4.40. The molecule has 0 unspecified atom stereocenters. The number of anilines is 1. The minimum atomic E-state index is 0.419. The third-order valence-electron chi connectivity index (χ3n) is 2.28. The van der Waals surface area contributed by atoms with Crippen molar-refractivity contribution in [1.82, 2.24) is 9.97 Å². The zero-order valence-corrected chi connectivity index (χ0v) is 13.0. The third-order valence-corrected chi connectivity index (χ3v) is 3.43. The van der Waals surface area contributed by atoms with Crippen LogP contribution in [0.15, 0.2) is 40.2 Å². The van der Waals surface area contributed by atoms with E-state index in [-0.39, 0.29) is 0 Å². The molecule has 1 aromatic heterocycles. The van der Waals surface area contributed by atoms with Gasteiger partial charge < -0.3 is 0 Å². The molecule has 4 nitrogen and oxygen atoms in total. The molecule has 0 atom stereocenters. The highest BCUT2D eigenvalue weighted by Gasteiger charge is 2.02. The summed E-state index contributed by atoms with van der Waals surface area (Å²) in [6, 6.07) is 5.33. The number of rotatable bonds is 3. The second kappa shape index (κ2) is 6.32. The summed E-state index contributed by atoms with van der Waals surface area (Å²) in [5, 5.41) is 5.20. The fourth-order valence-electron chi connectivity index (χ4n) is 1.29. The van der Waals surface area contributed by atoms with Crippen LogP contribution in [0.1, 0.15) is 12.5 Å². The quantitative estimate of drug-likeness (QED) is 0.653. The Labute approximate surface area is 129 Å². The van der Waals surface area contributed by atoms with Gasteiger partial charge in [0.05, 0.1) is 20.2 Å². The molecule has 0 saturated heterocycles. The fraction of sp³-hybridized carbons (Fsp3) is 0.0833. The Bertz CT molecular complexity index is 614. The van der Waals surface area contributed by atoms with E-state index < -0.39 is 0 Å². The molecule has 7 heteroatoms. The number of nitrogens with zero attached hydrogens (tertiary/aromatic N) is 3. The highest BCUT2D eigenvalue weighted by molar-refractivity contribution is 9.10. The van der Waals surface area contributed by atoms with Gasteiger partial charge in [-0.2, -0.15) is 5.10 Å². The van der Waals surface area contributed by atoms with Gasteiger partial charge in [-0.25, -0.2) is 15.4 Å². The van der Waals surface area contributed by atoms with Crippen molar-refractivity contribution < 1.29 is 0 Å². The van der Waals surface area contributed by atoms with E-state index in [1.807, 2.05) is 13.0 Å². The van der Waals surface area contributed by atoms with Gasteiger partial charge in [0.2, 0.25) is 5.95 Å². The molecule has 19 heavy (non-hydrogen) atoms. The molecule has 0 spiro atoms. The largest absolute Gasteiger partial charge is 0.245 e. The van der Waals surface area contributed by atoms with E-state index in [1.165, 1.54) is 0 Å². The standard InChI is InChI=1S/C12H9BrCl2N4/c1-7(8-2-3-10(14)11(15)4-8)18-19-12-16-5-9(13)6-17-12/h2-6H,1H3,(H,16,17,19)/b18-7+. The Balaban J connectivity index is 2.14. The van der Waals surface area contributed by atoms with Crippen LogP contribution in [0.3, 0.4) is 0 Å². The number of hydrazone groups is 1. The minimum absolute atomic E-state index is 0.419. The summed E-state index contributed by atoms with van der Waals surface area (Å²) in [4.78, 5) is 8.10. The minimum Gasteiger partial charge on any atom is -0.245 e. The van der Waals surface area contributed by atoms with E-state index in [0.29, 0.717) is 16.0 Å². The van der Waals surface area contributed by atoms with Crippen molar-refractivity contribution in [3.8, 4) is 0 Å². The maximum Gasteiger partial charge on any atom is 0.243 e. The van der Waals surface area contributed by atoms with Gasteiger partial charge in [-0.15, -0.1) is 0 Å². The summed E-state index contributed by atoms with van der Waals surface area (Å²) in [6.45, 7) is 1.85. The van der Waals surface area contributed by atoms with Crippen LogP contribution in [0.25, 0.3) is 0 Å². The highest BCUT2D eigenvalue weighted by atomic mass is 79.9. The van der Waals surface area contributed by atoms with E-state index in [0.717, 1.165) is 15.7 Å². The molecule has 0 fully saturated rings. The summed E-state index contributed by atoms with van der Waals surface area (Å²) in [7, 11) is 0. The first kappa shape index (κ1) is 14.2. The fourth-order valence-corrected chi connectivity index (χ4v) is 1.79. The average molecular weight is 360 g/mol. The monoisotopic (exact) mass is 358 g/mol. The van der Waals surface area contributed by atoms with Gasteiger partial charge in [0, 0.05) is 12.4 Å². The van der Waals surface area contributed by atoms with Gasteiger partial charge in [-0.1, -0.05) is 29.3 Å². The van der Waals surface area contributed by atoms with E-state index in [4.69, 9.17) is 23.2 Å². The molecule has 1 aromatic carbocycles. The number of nitrogens with one attached hydrogen (secondary N) is 1. The van der Waals surface area contributed by atoms with Crippen LogP contribution in [-0.4, -0.2) is 15.7 Å². The molecule has 98 valence electrons. The Morgan fingerprint density at radius 2 is 1.89 bits per heavy atom. The van der Waals surface area contributed by atoms with Crippen molar-refractivity contribution in [2.45, 2.75) is 6.92 Å². The van der Waals surface area contributed by atoms with Gasteiger partial charge in [-0.05, 0) is 40.5 Å². The molecular weight excluding hydrogens is 351 g/mol. The number of halogens is 3. The summed E-state index contributed by atoms with van der Waals surface area (Å²) in [5.74, 6) is 0.419. The van der Waals surface area contributed by atoms with Gasteiger partial charge >= 0.3 is 0 Å². The Kier molecular flexibility index (Phi) is 4.74. The number of hydrogen-bond acceptors (Lipinski definition) is 4. The predicted molar refractivity (Wildman–Crippen MR) is 82.0 cm³/mol. The topological polar surface area (TPSA) is 50.2 Å². The lowest BCUT2D eigenvalue weighted by atomic mass is 10.1. The summed E-state index contributed by atoms with van der Waals surface area (Å²) < 4.78 is 0.809. The van der Waals surface area contributed by atoms with Gasteiger partial charge in [0.25, 0.3) is 0 Å². The molecule has 0 aliphatic rings. The van der Waals surface area contributed by atoms with E-state index in [1.54, 1.807) is 24.5 Å². The van der Waals surface area contributed by atoms with Crippen LogP contribution in [-0.2, 0) is 0 Å². The summed E-state index contributed by atoms with van der Waals surface area (Å²) >= 11 is 15.1. The van der Waals surface area contributed by atoms with Gasteiger partial charge in [0.1, 0.15) is 0 Å². The molecule has 0 bridgehead atoms. The van der Waals surface area contributed by atoms with Crippen LogP contribution in [0.2, 0.25) is 10.0 Å². The predicted octanol–water partition coefficient (Wildman–Crippen LogP) is 4.38. The zero-order valence-electron chi connectivity index (χ0n) is 9.86. The van der Waals surface area contributed by atoms with Crippen LogP contribution in [0.4, 0.5) is 5.95 Å². The maximum atomic E-state index is 5.96. The second-order valence-electron chi connectivity index (χ2n) is 3.66. The normalized spacial score (nSPS) is 11.5. The second-order valence-corrected chi connectivity index (χ2v) is 5.39. The lowest BCUT2D eigenvalue weighted by Gasteiger charge is -2.04. The molecule has 1 heterocycles. The molecule has 1 N–H and O–H groups in total. The molecule has 2 aromatic rings. The number of benzene rings is 1. The first-order chi connectivity index (χ1) is 9.06. The molecule has 2 rings (SSSR count). The van der Waals surface area contributed by atoms with Crippen molar-refractivity contribution in [2.24, 2.45) is 5.10 Å². The number of hydrogen-bond donors (Lipinski definition) is 1. The average Bonchev–Trinajstić information content (AvgIpc) is 2.41. The van der Waals surface area contributed by atoms with E-state index in [9.17, 15) is 0 Å². The van der Waals surface area contributed by atoms with E-state index >= 15 is 0 Å². The van der Waals surface area contributed by atoms with Crippen LogP contribution in [0, 0.1) is 0 Å². The van der Waals surface area contributed by atoms with Crippen molar-refractivity contribution in [1.29, 1.82) is 0 Å². The first-order valence-electron chi connectivity index (χ1n) is 5.29. The maximum absolute atomic E-state index is 5.96. The van der Waals surface area contributed by atoms with Crippen molar-refractivity contribution in [2.75, 3.05) is 5.43 Å². The first-order valence-corrected chi connectivity index (χ1v) is 6.84. The molecule has 0 saturated carbocycles. The van der Waals surface area contributed by atoms with Crippen molar-refractivity contribution in [3.05, 3.63) is 50.7 Å². The lowest BCUT2D eigenvalue weighted by molar-refractivity contribution is 1.10. The lowest BCUT2D eigenvalue weighted by Crippen LogP contribution is -2.02. The number of aromatic nitrogens is 2. The molecule has 0 aliphatic heterocycles. The van der Waals surface area contributed by atoms with Crippen LogP contribution in [0.5, 0.6) is 0 Å². The highest BCUT2D eigenvalue weighted by Crippen LogP contribution is 2.22. The van der Waals surface area contributed by atoms with Gasteiger partial charge in [-0.3, -0.25) is 0 Å². The zero-order chi connectivity index (χ0) is 13.8. The third kappa shape index (κ3) is 3.89. The van der Waals surface area contributed by atoms with Crippen LogP contribution >= 0.6 is 39.1 Å². The Morgan fingerprint density at radius 1 is 1.21 bits per heavy atom. The molecular formula is C12H9BrCl2N4. The molecule has 0 amide bonds. The van der Waals surface area contributed by atoms with Gasteiger partial charge in [0.15, 0.2) is 0 Å². The smallest absolute Gasteiger partial charge is 0.243 e. The van der Waals surface area contributed by atoms with Crippen LogP contribution < -0.4 is 5.43 Å². The summed E-state index contributed by atoms with van der Waals surface area (Å²) in [6.07, 6.45) is 3.28.